The van der Waals surface area contributed by atoms with Gasteiger partial charge in [-0.3, -0.25) is 4.79 Å². The summed E-state index contributed by atoms with van der Waals surface area (Å²) < 4.78 is 37.0. The molecule has 0 radical (unpaired) electrons. The van der Waals surface area contributed by atoms with Gasteiger partial charge in [0, 0.05) is 4.88 Å². The number of nitrogens with one attached hydrogen (secondary N) is 1. The van der Waals surface area contributed by atoms with E-state index in [1.54, 1.807) is 6.07 Å². The number of carboxylic acid groups (broad SMARTS) is 1. The largest absolute Gasteiger partial charge is 0.480 e. The van der Waals surface area contributed by atoms with Crippen LogP contribution in [0.25, 0.3) is 0 Å². The molecule has 0 aliphatic heterocycles. The Hall–Kier alpha value is -1.57. The monoisotopic (exact) mass is 335 g/mol. The molecule has 1 atom stereocenters. The molecule has 2 rings (SSSR count). The molecule has 8 heteroatoms. The van der Waals surface area contributed by atoms with E-state index in [0.29, 0.717) is 0 Å². The third kappa shape index (κ3) is 4.46. The molecule has 4 nitrogen and oxygen atoms in total. The molecule has 1 aromatic heterocycles. The Morgan fingerprint density at radius 3 is 2.59 bits per heavy atom. The summed E-state index contributed by atoms with van der Waals surface area (Å²) in [5.74, 6) is -2.45. The second-order valence-corrected chi connectivity index (χ2v) is 6.44. The standard InChI is InChI=1S/C14H16F3NO3S/c15-14(16,17)7-9(13(20)21)18-12(19)11-6-8-4-2-1-3-5-10(8)22-11/h6,9H,1-5,7H2,(H,18,19)(H,20,21). The minimum atomic E-state index is -4.65. The third-order valence-electron chi connectivity index (χ3n) is 3.51. The number of hydrogen-bond acceptors (Lipinski definition) is 3. The van der Waals surface area contributed by atoms with Crippen LogP contribution in [0.1, 0.15) is 45.8 Å². The van der Waals surface area contributed by atoms with Gasteiger partial charge in [0.15, 0.2) is 0 Å². The predicted molar refractivity (Wildman–Crippen MR) is 75.1 cm³/mol. The highest BCUT2D eigenvalue weighted by Gasteiger charge is 2.36. The highest BCUT2D eigenvalue weighted by atomic mass is 32.1. The molecule has 0 spiro atoms. The van der Waals surface area contributed by atoms with Crippen molar-refractivity contribution in [2.45, 2.75) is 50.7 Å². The molecule has 0 bridgehead atoms. The zero-order valence-electron chi connectivity index (χ0n) is 11.7. The maximum Gasteiger partial charge on any atom is 0.391 e. The molecule has 0 saturated carbocycles. The van der Waals surface area contributed by atoms with Gasteiger partial charge in [0.05, 0.1) is 11.3 Å². The van der Waals surface area contributed by atoms with Gasteiger partial charge in [0.2, 0.25) is 0 Å². The van der Waals surface area contributed by atoms with Gasteiger partial charge in [0.1, 0.15) is 6.04 Å². The van der Waals surface area contributed by atoms with E-state index in [1.165, 1.54) is 11.3 Å². The number of aryl methyl sites for hydroxylation is 2. The number of hydrogen-bond donors (Lipinski definition) is 2. The summed E-state index contributed by atoms with van der Waals surface area (Å²) in [6.45, 7) is 0. The Balaban J connectivity index is 2.09. The van der Waals surface area contributed by atoms with E-state index in [2.05, 4.69) is 0 Å². The van der Waals surface area contributed by atoms with Crippen LogP contribution in [0.3, 0.4) is 0 Å². The van der Waals surface area contributed by atoms with Gasteiger partial charge in [-0.15, -0.1) is 11.3 Å². The normalized spacial score (nSPS) is 16.5. The first-order valence-electron chi connectivity index (χ1n) is 6.98. The molecule has 1 heterocycles. The minimum absolute atomic E-state index is 0.278. The number of amides is 1. The molecular weight excluding hydrogens is 319 g/mol. The molecule has 122 valence electrons. The van der Waals surface area contributed by atoms with E-state index >= 15 is 0 Å². The van der Waals surface area contributed by atoms with Crippen LogP contribution in [-0.4, -0.2) is 29.2 Å². The van der Waals surface area contributed by atoms with Crippen LogP contribution in [0.4, 0.5) is 13.2 Å². The Bertz CT molecular complexity index is 545. The number of carbonyl (C=O) groups is 2. The first kappa shape index (κ1) is 16.8. The van der Waals surface area contributed by atoms with E-state index in [1.807, 2.05) is 5.32 Å². The van der Waals surface area contributed by atoms with E-state index < -0.39 is 30.5 Å². The van der Waals surface area contributed by atoms with Crippen molar-refractivity contribution in [3.63, 3.8) is 0 Å². The zero-order valence-corrected chi connectivity index (χ0v) is 12.5. The minimum Gasteiger partial charge on any atom is -0.480 e. The van der Waals surface area contributed by atoms with Crippen molar-refractivity contribution in [1.29, 1.82) is 0 Å². The molecule has 2 N–H and O–H groups in total. The van der Waals surface area contributed by atoms with Crippen molar-refractivity contribution in [1.82, 2.24) is 5.32 Å². The lowest BCUT2D eigenvalue weighted by molar-refractivity contribution is -0.157. The quantitative estimate of drug-likeness (QED) is 0.831. The average Bonchev–Trinajstić information content (AvgIpc) is 2.68. The number of fused-ring (bicyclic) bond motifs is 1. The second-order valence-electron chi connectivity index (χ2n) is 5.30. The summed E-state index contributed by atoms with van der Waals surface area (Å²) in [7, 11) is 0. The van der Waals surface area contributed by atoms with Crippen LogP contribution in [0.5, 0.6) is 0 Å². The van der Waals surface area contributed by atoms with Gasteiger partial charge in [0.25, 0.3) is 5.91 Å². The molecule has 0 fully saturated rings. The van der Waals surface area contributed by atoms with Crippen LogP contribution in [0, 0.1) is 0 Å². The number of aliphatic carboxylic acids is 1. The van der Waals surface area contributed by atoms with Gasteiger partial charge in [-0.25, -0.2) is 4.79 Å². The van der Waals surface area contributed by atoms with Crippen LogP contribution in [0.2, 0.25) is 0 Å². The maximum atomic E-state index is 12.3. The molecule has 1 unspecified atom stereocenters. The second kappa shape index (κ2) is 6.68. The summed E-state index contributed by atoms with van der Waals surface area (Å²) >= 11 is 1.24. The smallest absolute Gasteiger partial charge is 0.391 e. The number of halogens is 3. The van der Waals surface area contributed by atoms with Crippen molar-refractivity contribution in [3.05, 3.63) is 21.4 Å². The highest BCUT2D eigenvalue weighted by Crippen LogP contribution is 2.29. The third-order valence-corrected chi connectivity index (χ3v) is 4.75. The van der Waals surface area contributed by atoms with E-state index in [0.717, 1.165) is 42.5 Å². The Kier molecular flexibility index (Phi) is 5.10. The predicted octanol–water partition coefficient (Wildman–Crippen LogP) is 3.15. The lowest BCUT2D eigenvalue weighted by Crippen LogP contribution is -2.43. The number of rotatable bonds is 4. The number of carbonyl (C=O) groups excluding carboxylic acids is 1. The summed E-state index contributed by atoms with van der Waals surface area (Å²) in [6, 6.07) is -0.290. The zero-order chi connectivity index (χ0) is 16.3. The van der Waals surface area contributed by atoms with Crippen LogP contribution >= 0.6 is 11.3 Å². The molecular formula is C14H16F3NO3S. The molecule has 1 aliphatic rings. The van der Waals surface area contributed by atoms with Crippen LogP contribution in [0.15, 0.2) is 6.07 Å². The highest BCUT2D eigenvalue weighted by molar-refractivity contribution is 7.14. The van der Waals surface area contributed by atoms with E-state index in [9.17, 15) is 22.8 Å². The number of alkyl halides is 3. The summed E-state index contributed by atoms with van der Waals surface area (Å²) in [5, 5.41) is 10.8. The molecule has 1 aliphatic carbocycles. The summed E-state index contributed by atoms with van der Waals surface area (Å²) in [5.41, 5.74) is 1.05. The Morgan fingerprint density at radius 2 is 1.95 bits per heavy atom. The fraction of sp³-hybridized carbons (Fsp3) is 0.571. The molecule has 1 amide bonds. The van der Waals surface area contributed by atoms with E-state index in [-0.39, 0.29) is 4.88 Å². The SMILES string of the molecule is O=C(NC(CC(F)(F)F)C(=O)O)c1cc2c(s1)CCCCC2. The fourth-order valence-electron chi connectivity index (χ4n) is 2.44. The molecule has 0 saturated heterocycles. The van der Waals surface area contributed by atoms with Gasteiger partial charge >= 0.3 is 12.1 Å². The summed E-state index contributed by atoms with van der Waals surface area (Å²) in [4.78, 5) is 24.2. The first-order valence-corrected chi connectivity index (χ1v) is 7.80. The lowest BCUT2D eigenvalue weighted by Gasteiger charge is -2.15. The first-order chi connectivity index (χ1) is 10.3. The topological polar surface area (TPSA) is 66.4 Å². The van der Waals surface area contributed by atoms with Crippen molar-refractivity contribution in [3.8, 4) is 0 Å². The Morgan fingerprint density at radius 1 is 1.27 bits per heavy atom. The lowest BCUT2D eigenvalue weighted by atomic mass is 10.1. The molecule has 1 aromatic rings. The van der Waals surface area contributed by atoms with Crippen LogP contribution in [-0.2, 0) is 17.6 Å². The van der Waals surface area contributed by atoms with Gasteiger partial charge in [-0.05, 0) is 37.3 Å². The van der Waals surface area contributed by atoms with E-state index in [4.69, 9.17) is 5.11 Å². The fourth-order valence-corrected chi connectivity index (χ4v) is 3.60. The van der Waals surface area contributed by atoms with Gasteiger partial charge in [-0.1, -0.05) is 6.42 Å². The van der Waals surface area contributed by atoms with Gasteiger partial charge in [-0.2, -0.15) is 13.2 Å². The van der Waals surface area contributed by atoms with Crippen molar-refractivity contribution < 1.29 is 27.9 Å². The van der Waals surface area contributed by atoms with Crippen molar-refractivity contribution >= 4 is 23.2 Å². The van der Waals surface area contributed by atoms with Crippen LogP contribution < -0.4 is 5.32 Å². The van der Waals surface area contributed by atoms with Crippen molar-refractivity contribution in [2.24, 2.45) is 0 Å². The number of carboxylic acids is 1. The summed E-state index contributed by atoms with van der Waals surface area (Å²) in [6.07, 6.45) is -1.35. The average molecular weight is 335 g/mol. The molecule has 22 heavy (non-hydrogen) atoms. The number of thiophene rings is 1. The van der Waals surface area contributed by atoms with Crippen molar-refractivity contribution in [2.75, 3.05) is 0 Å². The maximum absolute atomic E-state index is 12.3. The van der Waals surface area contributed by atoms with Gasteiger partial charge < -0.3 is 10.4 Å². The molecule has 0 aromatic carbocycles. The Labute approximate surface area is 129 Å².